The van der Waals surface area contributed by atoms with Crippen molar-refractivity contribution in [1.29, 1.82) is 0 Å². The number of thiophene rings is 1. The molecule has 0 saturated heterocycles. The lowest BCUT2D eigenvalue weighted by Crippen LogP contribution is -2.15. The van der Waals surface area contributed by atoms with Crippen molar-refractivity contribution >= 4 is 49.1 Å². The van der Waals surface area contributed by atoms with Crippen LogP contribution in [0.15, 0.2) is 89.7 Å². The van der Waals surface area contributed by atoms with E-state index in [9.17, 15) is 4.79 Å². The summed E-state index contributed by atoms with van der Waals surface area (Å²) < 4.78 is 4.91. The molecule has 6 rings (SSSR count). The lowest BCUT2D eigenvalue weighted by Gasteiger charge is -2.09. The molecule has 0 aliphatic rings. The molecule has 0 bridgehead atoms. The van der Waals surface area contributed by atoms with E-state index < -0.39 is 0 Å². The maximum Gasteiger partial charge on any atom is 0.293 e. The monoisotopic (exact) mass is 409 g/mol. The molecule has 30 heavy (non-hydrogen) atoms. The van der Waals surface area contributed by atoms with Crippen LogP contribution in [0.3, 0.4) is 0 Å². The minimum atomic E-state index is -0.165. The Balaban J connectivity index is 1.71. The Morgan fingerprint density at radius 1 is 0.833 bits per heavy atom. The predicted molar refractivity (Wildman–Crippen MR) is 121 cm³/mol. The van der Waals surface area contributed by atoms with Crippen LogP contribution in [0.25, 0.3) is 31.8 Å². The van der Waals surface area contributed by atoms with Crippen molar-refractivity contribution in [2.45, 2.75) is 0 Å². The van der Waals surface area contributed by atoms with Crippen LogP contribution in [-0.4, -0.2) is 19.2 Å². The average molecular weight is 409 g/mol. The molecule has 0 spiro atoms. The van der Waals surface area contributed by atoms with Gasteiger partial charge in [0.05, 0.1) is 11.2 Å². The Bertz CT molecular complexity index is 1580. The van der Waals surface area contributed by atoms with Gasteiger partial charge in [-0.2, -0.15) is 4.52 Å². The minimum Gasteiger partial charge on any atom is -0.324 e. The van der Waals surface area contributed by atoms with Gasteiger partial charge in [0.25, 0.3) is 5.56 Å². The van der Waals surface area contributed by atoms with Crippen molar-refractivity contribution in [3.8, 4) is 5.69 Å². The molecule has 3 aromatic carbocycles. The van der Waals surface area contributed by atoms with Crippen LogP contribution in [0.2, 0.25) is 0 Å². The molecule has 0 atom stereocenters. The zero-order valence-corrected chi connectivity index (χ0v) is 16.5. The summed E-state index contributed by atoms with van der Waals surface area (Å²) in [6, 6.07) is 27.5. The number of aromatic nitrogens is 4. The number of para-hydroxylation sites is 2. The Hall–Kier alpha value is -3.97. The smallest absolute Gasteiger partial charge is 0.293 e. The van der Waals surface area contributed by atoms with Crippen LogP contribution >= 0.6 is 11.3 Å². The predicted octanol–water partition coefficient (Wildman–Crippen LogP) is 4.99. The van der Waals surface area contributed by atoms with Crippen LogP contribution in [0.5, 0.6) is 0 Å². The van der Waals surface area contributed by atoms with E-state index in [1.54, 1.807) is 0 Å². The van der Waals surface area contributed by atoms with Crippen molar-refractivity contribution in [3.63, 3.8) is 0 Å². The summed E-state index contributed by atoms with van der Waals surface area (Å²) in [6.07, 6.45) is 0. The Labute approximate surface area is 174 Å². The van der Waals surface area contributed by atoms with E-state index in [1.807, 2.05) is 89.5 Å². The Morgan fingerprint density at radius 2 is 1.53 bits per heavy atom. The number of benzene rings is 3. The molecular weight excluding hydrogens is 394 g/mol. The van der Waals surface area contributed by atoms with Gasteiger partial charge in [0.1, 0.15) is 4.70 Å². The van der Waals surface area contributed by atoms with Gasteiger partial charge in [0.15, 0.2) is 0 Å². The largest absolute Gasteiger partial charge is 0.324 e. The number of nitrogens with zero attached hydrogens (tertiary/aromatic N) is 4. The van der Waals surface area contributed by atoms with Crippen LogP contribution in [0.4, 0.5) is 11.6 Å². The van der Waals surface area contributed by atoms with Gasteiger partial charge in [-0.05, 0) is 30.3 Å². The second-order valence-corrected chi connectivity index (χ2v) is 7.94. The summed E-state index contributed by atoms with van der Waals surface area (Å²) in [6.45, 7) is 0. The lowest BCUT2D eigenvalue weighted by molar-refractivity contribution is 0.920. The van der Waals surface area contributed by atoms with Crippen LogP contribution in [-0.2, 0) is 0 Å². The highest BCUT2D eigenvalue weighted by Crippen LogP contribution is 2.31. The first-order valence-corrected chi connectivity index (χ1v) is 10.3. The number of hydrogen-bond donors (Lipinski definition) is 1. The Kier molecular flexibility index (Phi) is 3.69. The molecule has 0 radical (unpaired) electrons. The highest BCUT2D eigenvalue weighted by Gasteiger charge is 2.20. The fourth-order valence-corrected chi connectivity index (χ4v) is 4.70. The molecule has 144 valence electrons. The molecule has 1 N–H and O–H groups in total. The molecule has 6 nitrogen and oxygen atoms in total. The first-order chi connectivity index (χ1) is 14.8. The normalized spacial score (nSPS) is 11.5. The highest BCUT2D eigenvalue weighted by molar-refractivity contribution is 7.25. The highest BCUT2D eigenvalue weighted by atomic mass is 32.1. The van der Waals surface area contributed by atoms with E-state index in [0.29, 0.717) is 21.9 Å². The second kappa shape index (κ2) is 6.53. The molecule has 3 heterocycles. The summed E-state index contributed by atoms with van der Waals surface area (Å²) in [4.78, 5) is 18.2. The molecule has 3 aromatic heterocycles. The quantitative estimate of drug-likeness (QED) is 0.447. The molecule has 7 heteroatoms. The van der Waals surface area contributed by atoms with Crippen LogP contribution in [0, 0.1) is 0 Å². The van der Waals surface area contributed by atoms with Gasteiger partial charge in [-0.3, -0.25) is 4.79 Å². The zero-order chi connectivity index (χ0) is 20.1. The first kappa shape index (κ1) is 16.9. The zero-order valence-electron chi connectivity index (χ0n) is 15.7. The van der Waals surface area contributed by atoms with Crippen molar-refractivity contribution in [1.82, 2.24) is 19.2 Å². The molecule has 0 aliphatic carbocycles. The summed E-state index contributed by atoms with van der Waals surface area (Å²) >= 11 is 1.45. The molecule has 0 amide bonds. The van der Waals surface area contributed by atoms with Gasteiger partial charge in [-0.15, -0.1) is 16.4 Å². The Morgan fingerprint density at radius 3 is 2.33 bits per heavy atom. The summed E-state index contributed by atoms with van der Waals surface area (Å²) in [5, 5.41) is 8.91. The lowest BCUT2D eigenvalue weighted by atomic mass is 10.2. The van der Waals surface area contributed by atoms with E-state index in [-0.39, 0.29) is 5.56 Å². The third-order valence-corrected chi connectivity index (χ3v) is 6.16. The van der Waals surface area contributed by atoms with E-state index in [1.165, 1.54) is 15.9 Å². The standard InChI is InChI=1S/C23H15N5OS/c29-21-20-19(17-13-7-8-14-18(17)30-20)25-23-27(16-11-5-2-6-12-16)22(26-28(21)23)24-15-9-3-1-4-10-15/h1-14H,(H,24,26). The van der Waals surface area contributed by atoms with Crippen molar-refractivity contribution in [3.05, 3.63) is 95.3 Å². The molecule has 0 aliphatic heterocycles. The first-order valence-electron chi connectivity index (χ1n) is 9.50. The van der Waals surface area contributed by atoms with Gasteiger partial charge in [-0.25, -0.2) is 9.55 Å². The topological polar surface area (TPSA) is 64.2 Å². The second-order valence-electron chi connectivity index (χ2n) is 6.89. The van der Waals surface area contributed by atoms with Gasteiger partial charge in [0, 0.05) is 15.8 Å². The van der Waals surface area contributed by atoms with E-state index in [4.69, 9.17) is 4.98 Å². The molecule has 6 aromatic rings. The fourth-order valence-electron chi connectivity index (χ4n) is 3.64. The van der Waals surface area contributed by atoms with Gasteiger partial charge in [-0.1, -0.05) is 54.6 Å². The third kappa shape index (κ3) is 2.53. The van der Waals surface area contributed by atoms with Crippen LogP contribution < -0.4 is 10.9 Å². The third-order valence-electron chi connectivity index (χ3n) is 5.01. The van der Waals surface area contributed by atoms with Crippen molar-refractivity contribution in [2.24, 2.45) is 0 Å². The molecular formula is C23H15N5OS. The van der Waals surface area contributed by atoms with Crippen molar-refractivity contribution < 1.29 is 0 Å². The van der Waals surface area contributed by atoms with E-state index in [0.717, 1.165) is 21.5 Å². The molecule has 0 saturated carbocycles. The van der Waals surface area contributed by atoms with Gasteiger partial charge in [0.2, 0.25) is 11.7 Å². The van der Waals surface area contributed by atoms with Crippen LogP contribution in [0.1, 0.15) is 0 Å². The maximum atomic E-state index is 13.3. The number of anilines is 2. The van der Waals surface area contributed by atoms with E-state index >= 15 is 0 Å². The van der Waals surface area contributed by atoms with Gasteiger partial charge >= 0.3 is 0 Å². The fraction of sp³-hybridized carbons (Fsp3) is 0. The number of nitrogens with one attached hydrogen (secondary N) is 1. The number of fused-ring (bicyclic) bond motifs is 4. The van der Waals surface area contributed by atoms with Crippen molar-refractivity contribution in [2.75, 3.05) is 5.32 Å². The minimum absolute atomic E-state index is 0.165. The maximum absolute atomic E-state index is 13.3. The van der Waals surface area contributed by atoms with E-state index in [2.05, 4.69) is 10.4 Å². The summed E-state index contributed by atoms with van der Waals surface area (Å²) in [7, 11) is 0. The summed E-state index contributed by atoms with van der Waals surface area (Å²) in [5.41, 5.74) is 2.30. The molecule has 0 fully saturated rings. The average Bonchev–Trinajstić information content (AvgIpc) is 3.34. The SMILES string of the molecule is O=c1c2sc3ccccc3c2nc2n(-c3ccccc3)c(Nc3ccccc3)nn12. The summed E-state index contributed by atoms with van der Waals surface area (Å²) in [5.74, 6) is 1.000. The van der Waals surface area contributed by atoms with Gasteiger partial charge < -0.3 is 5.32 Å². The molecule has 0 unspecified atom stereocenters. The number of rotatable bonds is 3. The number of hydrogen-bond acceptors (Lipinski definition) is 5.